The summed E-state index contributed by atoms with van der Waals surface area (Å²) < 4.78 is 0. The Bertz CT molecular complexity index is 470. The van der Waals surface area contributed by atoms with Gasteiger partial charge in [0, 0.05) is 37.4 Å². The molecule has 118 valence electrons. The van der Waals surface area contributed by atoms with Crippen LogP contribution in [0.5, 0.6) is 0 Å². The van der Waals surface area contributed by atoms with Crippen LogP contribution in [0.25, 0.3) is 0 Å². The zero-order valence-electron chi connectivity index (χ0n) is 14.2. The number of nitrogens with zero attached hydrogens (tertiary/aromatic N) is 3. The van der Waals surface area contributed by atoms with E-state index in [2.05, 4.69) is 62.0 Å². The fourth-order valence-corrected chi connectivity index (χ4v) is 2.78. The van der Waals surface area contributed by atoms with Crippen LogP contribution in [-0.4, -0.2) is 48.6 Å². The van der Waals surface area contributed by atoms with E-state index in [-0.39, 0.29) is 5.54 Å². The van der Waals surface area contributed by atoms with E-state index in [1.165, 1.54) is 12.0 Å². The van der Waals surface area contributed by atoms with Crippen molar-refractivity contribution in [2.24, 2.45) is 0 Å². The second-order valence-electron chi connectivity index (χ2n) is 6.75. The Balaban J connectivity index is 2.06. The first-order chi connectivity index (χ1) is 9.94. The van der Waals surface area contributed by atoms with E-state index in [0.29, 0.717) is 0 Å². The predicted molar refractivity (Wildman–Crippen MR) is 89.9 cm³/mol. The molecule has 1 aromatic heterocycles. The van der Waals surface area contributed by atoms with Crippen molar-refractivity contribution in [3.8, 4) is 0 Å². The molecule has 2 heterocycles. The molecule has 0 unspecified atom stereocenters. The maximum atomic E-state index is 4.83. The molecule has 0 radical (unpaired) electrons. The van der Waals surface area contributed by atoms with Crippen LogP contribution in [0.15, 0.2) is 12.1 Å². The monoisotopic (exact) mass is 290 g/mol. The smallest absolute Gasteiger partial charge is 0.128 e. The van der Waals surface area contributed by atoms with Crippen molar-refractivity contribution in [2.75, 3.05) is 38.1 Å². The number of anilines is 1. The maximum Gasteiger partial charge on any atom is 0.128 e. The molecule has 1 aliphatic rings. The molecule has 1 aliphatic heterocycles. The molecule has 0 aromatic carbocycles. The Kier molecular flexibility index (Phi) is 5.22. The van der Waals surface area contributed by atoms with Gasteiger partial charge in [0.2, 0.25) is 0 Å². The highest BCUT2D eigenvalue weighted by atomic mass is 15.3. The minimum Gasteiger partial charge on any atom is -0.353 e. The molecule has 1 aromatic rings. The quantitative estimate of drug-likeness (QED) is 0.844. The second-order valence-corrected chi connectivity index (χ2v) is 6.75. The molecule has 0 spiro atoms. The maximum absolute atomic E-state index is 4.83. The summed E-state index contributed by atoms with van der Waals surface area (Å²) in [6, 6.07) is 4.41. The van der Waals surface area contributed by atoms with Gasteiger partial charge in [0.15, 0.2) is 0 Å². The first-order valence-electron chi connectivity index (χ1n) is 8.07. The van der Waals surface area contributed by atoms with Gasteiger partial charge in [-0.2, -0.15) is 0 Å². The number of pyridine rings is 1. The van der Waals surface area contributed by atoms with Crippen LogP contribution >= 0.6 is 0 Å². The van der Waals surface area contributed by atoms with E-state index >= 15 is 0 Å². The van der Waals surface area contributed by atoms with Crippen molar-refractivity contribution in [1.82, 2.24) is 15.2 Å². The minimum absolute atomic E-state index is 0.204. The third kappa shape index (κ3) is 3.95. The minimum atomic E-state index is 0.204. The molecular formula is C17H30N4. The van der Waals surface area contributed by atoms with E-state index in [1.54, 1.807) is 0 Å². The van der Waals surface area contributed by atoms with Crippen molar-refractivity contribution in [2.45, 2.75) is 46.2 Å². The molecule has 1 saturated heterocycles. The van der Waals surface area contributed by atoms with Crippen LogP contribution in [0.3, 0.4) is 0 Å². The molecule has 0 amide bonds. The predicted octanol–water partition coefficient (Wildman–Crippen LogP) is 2.42. The molecule has 0 bridgehead atoms. The molecular weight excluding hydrogens is 260 g/mol. The third-order valence-corrected chi connectivity index (χ3v) is 4.56. The molecule has 0 aliphatic carbocycles. The highest BCUT2D eigenvalue weighted by Gasteiger charge is 2.31. The number of rotatable bonds is 5. The normalized spacial score (nSPS) is 19.0. The number of aromatic nitrogens is 1. The van der Waals surface area contributed by atoms with Gasteiger partial charge in [0.1, 0.15) is 5.82 Å². The number of likely N-dealkylation sites (N-methyl/N-ethyl adjacent to an activating group) is 1. The lowest BCUT2D eigenvalue weighted by molar-refractivity contribution is 0.138. The van der Waals surface area contributed by atoms with E-state index < -0.39 is 0 Å². The topological polar surface area (TPSA) is 31.4 Å². The van der Waals surface area contributed by atoms with Gasteiger partial charge in [-0.15, -0.1) is 0 Å². The van der Waals surface area contributed by atoms with Crippen LogP contribution in [0, 0.1) is 6.92 Å². The summed E-state index contributed by atoms with van der Waals surface area (Å²) in [6.45, 7) is 14.1. The first-order valence-corrected chi connectivity index (χ1v) is 8.07. The van der Waals surface area contributed by atoms with Crippen molar-refractivity contribution in [1.29, 1.82) is 0 Å². The number of nitrogens with one attached hydrogen (secondary N) is 1. The lowest BCUT2D eigenvalue weighted by Crippen LogP contribution is -2.57. The van der Waals surface area contributed by atoms with Gasteiger partial charge < -0.3 is 10.2 Å². The molecule has 4 nitrogen and oxygen atoms in total. The standard InChI is InChI=1S/C17H30N4/c1-6-9-18-12-15-7-8-16(19-14(15)2)21-11-10-20(5)17(3,4)13-21/h7-8,18H,6,9-13H2,1-5H3. The van der Waals surface area contributed by atoms with Gasteiger partial charge in [0.05, 0.1) is 0 Å². The Morgan fingerprint density at radius 1 is 1.29 bits per heavy atom. The van der Waals surface area contributed by atoms with Crippen LogP contribution < -0.4 is 10.2 Å². The van der Waals surface area contributed by atoms with Crippen LogP contribution in [0.2, 0.25) is 0 Å². The highest BCUT2D eigenvalue weighted by Crippen LogP contribution is 2.23. The third-order valence-electron chi connectivity index (χ3n) is 4.56. The van der Waals surface area contributed by atoms with Crippen molar-refractivity contribution in [3.05, 3.63) is 23.4 Å². The number of aryl methyl sites for hydroxylation is 1. The second kappa shape index (κ2) is 6.75. The molecule has 0 atom stereocenters. The summed E-state index contributed by atoms with van der Waals surface area (Å²) in [6.07, 6.45) is 1.17. The zero-order chi connectivity index (χ0) is 15.5. The number of hydrogen-bond donors (Lipinski definition) is 1. The molecule has 21 heavy (non-hydrogen) atoms. The Morgan fingerprint density at radius 2 is 2.05 bits per heavy atom. The Labute approximate surface area is 129 Å². The summed E-state index contributed by atoms with van der Waals surface area (Å²) in [5.41, 5.74) is 2.66. The summed E-state index contributed by atoms with van der Waals surface area (Å²) >= 11 is 0. The summed E-state index contributed by atoms with van der Waals surface area (Å²) in [7, 11) is 2.21. The summed E-state index contributed by atoms with van der Waals surface area (Å²) in [4.78, 5) is 9.68. The molecule has 4 heteroatoms. The van der Waals surface area contributed by atoms with E-state index in [9.17, 15) is 0 Å². The summed E-state index contributed by atoms with van der Waals surface area (Å²) in [5, 5.41) is 3.45. The van der Waals surface area contributed by atoms with Gasteiger partial charge in [-0.25, -0.2) is 4.98 Å². The van der Waals surface area contributed by atoms with Crippen molar-refractivity contribution < 1.29 is 0 Å². The molecule has 1 fully saturated rings. The molecule has 0 saturated carbocycles. The first kappa shape index (κ1) is 16.2. The van der Waals surface area contributed by atoms with E-state index in [1.807, 2.05) is 0 Å². The highest BCUT2D eigenvalue weighted by molar-refractivity contribution is 5.43. The average Bonchev–Trinajstić information content (AvgIpc) is 2.44. The lowest BCUT2D eigenvalue weighted by atomic mass is 10.00. The van der Waals surface area contributed by atoms with Gasteiger partial charge >= 0.3 is 0 Å². The van der Waals surface area contributed by atoms with E-state index in [4.69, 9.17) is 4.98 Å². The van der Waals surface area contributed by atoms with Crippen molar-refractivity contribution in [3.63, 3.8) is 0 Å². The van der Waals surface area contributed by atoms with Crippen LogP contribution in [0.4, 0.5) is 5.82 Å². The summed E-state index contributed by atoms with van der Waals surface area (Å²) in [5.74, 6) is 1.12. The molecule has 2 rings (SSSR count). The average molecular weight is 290 g/mol. The lowest BCUT2D eigenvalue weighted by Gasteiger charge is -2.45. The van der Waals surface area contributed by atoms with Crippen LogP contribution in [0.1, 0.15) is 38.4 Å². The number of piperazine rings is 1. The van der Waals surface area contributed by atoms with Gasteiger partial charge in [0.25, 0.3) is 0 Å². The van der Waals surface area contributed by atoms with Crippen LogP contribution in [-0.2, 0) is 6.54 Å². The largest absolute Gasteiger partial charge is 0.353 e. The SMILES string of the molecule is CCCNCc1ccc(N2CCN(C)C(C)(C)C2)nc1C. The van der Waals surface area contributed by atoms with Gasteiger partial charge in [-0.05, 0) is 52.4 Å². The Hall–Kier alpha value is -1.13. The fourth-order valence-electron chi connectivity index (χ4n) is 2.78. The number of hydrogen-bond acceptors (Lipinski definition) is 4. The Morgan fingerprint density at radius 3 is 2.67 bits per heavy atom. The van der Waals surface area contributed by atoms with Gasteiger partial charge in [-0.3, -0.25) is 4.90 Å². The fraction of sp³-hybridized carbons (Fsp3) is 0.706. The molecule has 1 N–H and O–H groups in total. The van der Waals surface area contributed by atoms with Gasteiger partial charge in [-0.1, -0.05) is 13.0 Å². The zero-order valence-corrected chi connectivity index (χ0v) is 14.2. The van der Waals surface area contributed by atoms with Crippen molar-refractivity contribution >= 4 is 5.82 Å². The van der Waals surface area contributed by atoms with E-state index in [0.717, 1.165) is 44.2 Å².